The Morgan fingerprint density at radius 1 is 1.38 bits per heavy atom. The number of hydrogen-bond donors (Lipinski definition) is 2. The maximum atomic E-state index is 12.0. The molecule has 7 nitrogen and oxygen atoms in total. The molecular formula is C17H23N5O2. The fourth-order valence-corrected chi connectivity index (χ4v) is 3.17. The second-order valence-electron chi connectivity index (χ2n) is 6.52. The first-order chi connectivity index (χ1) is 11.5. The van der Waals surface area contributed by atoms with Crippen molar-refractivity contribution >= 4 is 5.91 Å². The molecule has 2 N–H and O–H groups in total. The Labute approximate surface area is 140 Å². The fourth-order valence-electron chi connectivity index (χ4n) is 3.17. The van der Waals surface area contributed by atoms with Crippen LogP contribution < -0.4 is 10.9 Å². The lowest BCUT2D eigenvalue weighted by molar-refractivity contribution is -0.122. The maximum absolute atomic E-state index is 12.0. The summed E-state index contributed by atoms with van der Waals surface area (Å²) in [6, 6.07) is 3.77. The molecule has 0 aromatic carbocycles. The van der Waals surface area contributed by atoms with E-state index in [2.05, 4.69) is 20.4 Å². The first kappa shape index (κ1) is 16.4. The average Bonchev–Trinajstić information content (AvgIpc) is 2.80. The molecule has 1 amide bonds. The van der Waals surface area contributed by atoms with Crippen molar-refractivity contribution in [1.82, 2.24) is 25.1 Å². The van der Waals surface area contributed by atoms with Crippen molar-refractivity contribution in [2.45, 2.75) is 58.0 Å². The molecule has 24 heavy (non-hydrogen) atoms. The molecule has 0 atom stereocenters. The second-order valence-corrected chi connectivity index (χ2v) is 6.52. The quantitative estimate of drug-likeness (QED) is 0.838. The molecule has 0 unspecified atom stereocenters. The largest absolute Gasteiger partial charge is 0.353 e. The molecule has 2 aromatic rings. The Hall–Kier alpha value is -2.44. The number of aromatic nitrogens is 4. The lowest BCUT2D eigenvalue weighted by Gasteiger charge is -2.35. The van der Waals surface area contributed by atoms with Gasteiger partial charge in [0.05, 0.1) is 17.7 Å². The number of carbonyl (C=O) groups is 1. The first-order valence-electron chi connectivity index (χ1n) is 8.36. The summed E-state index contributed by atoms with van der Waals surface area (Å²) in [6.07, 6.45) is 4.41. The van der Waals surface area contributed by atoms with E-state index in [4.69, 9.17) is 0 Å². The summed E-state index contributed by atoms with van der Waals surface area (Å²) in [5, 5.41) is 7.45. The summed E-state index contributed by atoms with van der Waals surface area (Å²) >= 11 is 0. The maximum Gasteiger partial charge on any atom is 0.250 e. The molecule has 128 valence electrons. The predicted octanol–water partition coefficient (Wildman–Crippen LogP) is 1.43. The number of rotatable bonds is 6. The minimum Gasteiger partial charge on any atom is -0.353 e. The molecule has 0 radical (unpaired) electrons. The van der Waals surface area contributed by atoms with Gasteiger partial charge < -0.3 is 10.3 Å². The Morgan fingerprint density at radius 3 is 2.83 bits per heavy atom. The van der Waals surface area contributed by atoms with Gasteiger partial charge in [-0.05, 0) is 39.2 Å². The molecule has 7 heteroatoms. The van der Waals surface area contributed by atoms with Crippen LogP contribution in [0.1, 0.15) is 48.7 Å². The highest BCUT2D eigenvalue weighted by molar-refractivity contribution is 5.76. The van der Waals surface area contributed by atoms with E-state index in [1.54, 1.807) is 0 Å². The van der Waals surface area contributed by atoms with Crippen molar-refractivity contribution in [1.29, 1.82) is 0 Å². The van der Waals surface area contributed by atoms with E-state index < -0.39 is 0 Å². The Morgan fingerprint density at radius 2 is 2.17 bits per heavy atom. The van der Waals surface area contributed by atoms with Gasteiger partial charge in [-0.25, -0.2) is 4.98 Å². The van der Waals surface area contributed by atoms with Gasteiger partial charge in [0.15, 0.2) is 0 Å². The molecule has 1 aliphatic carbocycles. The standard InChI is InChI=1S/C17H23N5O2/c1-11-6-12(2)22(21-11)5-3-4-16(23)20-14-7-13(8-14)15-9-17(24)19-10-18-15/h6,9-10,13-14H,3-5,7-8H2,1-2H3,(H,20,23)(H,18,19,24). The minimum atomic E-state index is -0.128. The molecule has 2 aromatic heterocycles. The molecule has 1 aliphatic rings. The van der Waals surface area contributed by atoms with Gasteiger partial charge in [0.2, 0.25) is 5.91 Å². The summed E-state index contributed by atoms with van der Waals surface area (Å²) in [5.74, 6) is 0.353. The lowest BCUT2D eigenvalue weighted by atomic mass is 9.78. The second kappa shape index (κ2) is 6.98. The third-order valence-electron chi connectivity index (χ3n) is 4.50. The SMILES string of the molecule is Cc1cc(C)n(CCCC(=O)NC2CC(c3cc(=O)[nH]cn3)C2)n1. The number of aryl methyl sites for hydroxylation is 3. The smallest absolute Gasteiger partial charge is 0.250 e. The minimum absolute atomic E-state index is 0.0823. The van der Waals surface area contributed by atoms with Gasteiger partial charge in [-0.15, -0.1) is 0 Å². The van der Waals surface area contributed by atoms with Crippen LogP contribution in [0.4, 0.5) is 0 Å². The van der Waals surface area contributed by atoms with Gasteiger partial charge in [0.25, 0.3) is 5.56 Å². The summed E-state index contributed by atoms with van der Waals surface area (Å²) in [5.41, 5.74) is 2.82. The van der Waals surface area contributed by atoms with E-state index in [9.17, 15) is 9.59 Å². The lowest BCUT2D eigenvalue weighted by Crippen LogP contribution is -2.43. The Bertz CT molecular complexity index is 773. The van der Waals surface area contributed by atoms with Gasteiger partial charge in [0.1, 0.15) is 0 Å². The highest BCUT2D eigenvalue weighted by atomic mass is 16.1. The molecule has 0 spiro atoms. The number of hydrogen-bond acceptors (Lipinski definition) is 4. The molecule has 1 fully saturated rings. The van der Waals surface area contributed by atoms with Crippen LogP contribution in [-0.2, 0) is 11.3 Å². The van der Waals surface area contributed by atoms with Crippen molar-refractivity contribution in [3.05, 3.63) is 45.9 Å². The monoisotopic (exact) mass is 329 g/mol. The number of aromatic amines is 1. The molecule has 0 aliphatic heterocycles. The summed E-state index contributed by atoms with van der Waals surface area (Å²) in [4.78, 5) is 30.0. The fraction of sp³-hybridized carbons (Fsp3) is 0.529. The van der Waals surface area contributed by atoms with E-state index >= 15 is 0 Å². The highest BCUT2D eigenvalue weighted by Crippen LogP contribution is 2.35. The van der Waals surface area contributed by atoms with E-state index in [1.165, 1.54) is 12.4 Å². The molecule has 2 heterocycles. The Balaban J connectivity index is 1.38. The van der Waals surface area contributed by atoms with Crippen LogP contribution in [0, 0.1) is 13.8 Å². The highest BCUT2D eigenvalue weighted by Gasteiger charge is 2.32. The molecular weight excluding hydrogens is 306 g/mol. The summed E-state index contributed by atoms with van der Waals surface area (Å²) in [6.45, 7) is 4.76. The molecule has 1 saturated carbocycles. The summed E-state index contributed by atoms with van der Waals surface area (Å²) < 4.78 is 1.95. The van der Waals surface area contributed by atoms with Gasteiger partial charge >= 0.3 is 0 Å². The van der Waals surface area contributed by atoms with Crippen LogP contribution in [-0.4, -0.2) is 31.7 Å². The number of carbonyl (C=O) groups excluding carboxylic acids is 1. The van der Waals surface area contributed by atoms with Crippen molar-refractivity contribution < 1.29 is 4.79 Å². The first-order valence-corrected chi connectivity index (χ1v) is 8.36. The van der Waals surface area contributed by atoms with Crippen LogP contribution in [0.5, 0.6) is 0 Å². The van der Waals surface area contributed by atoms with Crippen LogP contribution in [0.15, 0.2) is 23.3 Å². The van der Waals surface area contributed by atoms with Crippen molar-refractivity contribution in [2.75, 3.05) is 0 Å². The van der Waals surface area contributed by atoms with Gasteiger partial charge in [-0.3, -0.25) is 14.3 Å². The van der Waals surface area contributed by atoms with Crippen LogP contribution in [0.2, 0.25) is 0 Å². The predicted molar refractivity (Wildman–Crippen MR) is 89.7 cm³/mol. The topological polar surface area (TPSA) is 92.7 Å². The average molecular weight is 329 g/mol. The van der Waals surface area contributed by atoms with E-state index in [1.807, 2.05) is 24.6 Å². The molecule has 0 saturated heterocycles. The normalized spacial score (nSPS) is 19.8. The van der Waals surface area contributed by atoms with Crippen LogP contribution >= 0.6 is 0 Å². The molecule has 3 rings (SSSR count). The van der Waals surface area contributed by atoms with Crippen LogP contribution in [0.3, 0.4) is 0 Å². The number of H-pyrrole nitrogens is 1. The van der Waals surface area contributed by atoms with E-state index in [-0.39, 0.29) is 23.4 Å². The van der Waals surface area contributed by atoms with Crippen LogP contribution in [0.25, 0.3) is 0 Å². The van der Waals surface area contributed by atoms with E-state index in [0.717, 1.165) is 42.9 Å². The number of amides is 1. The third-order valence-corrected chi connectivity index (χ3v) is 4.50. The van der Waals surface area contributed by atoms with Crippen molar-refractivity contribution in [3.63, 3.8) is 0 Å². The summed E-state index contributed by atoms with van der Waals surface area (Å²) in [7, 11) is 0. The van der Waals surface area contributed by atoms with Gasteiger partial charge in [-0.2, -0.15) is 5.10 Å². The van der Waals surface area contributed by atoms with E-state index in [0.29, 0.717) is 6.42 Å². The van der Waals surface area contributed by atoms with Gasteiger partial charge in [-0.1, -0.05) is 0 Å². The zero-order chi connectivity index (χ0) is 17.1. The van der Waals surface area contributed by atoms with Crippen molar-refractivity contribution in [3.8, 4) is 0 Å². The zero-order valence-electron chi connectivity index (χ0n) is 14.1. The van der Waals surface area contributed by atoms with Gasteiger partial charge in [0, 0.05) is 36.7 Å². The third kappa shape index (κ3) is 3.90. The van der Waals surface area contributed by atoms with Crippen molar-refractivity contribution in [2.24, 2.45) is 0 Å². The Kier molecular flexibility index (Phi) is 4.78. The zero-order valence-corrected chi connectivity index (χ0v) is 14.1. The molecule has 0 bridgehead atoms. The number of nitrogens with one attached hydrogen (secondary N) is 2. The number of nitrogens with zero attached hydrogens (tertiary/aromatic N) is 3.